The fraction of sp³-hybridized carbons (Fsp3) is 0.455. The molecule has 7 heteroatoms. The van der Waals surface area contributed by atoms with Crippen molar-refractivity contribution in [2.24, 2.45) is 0 Å². The third-order valence-electron chi connectivity index (χ3n) is 2.09. The van der Waals surface area contributed by atoms with Crippen LogP contribution in [0.3, 0.4) is 0 Å². The van der Waals surface area contributed by atoms with E-state index in [1.165, 1.54) is 0 Å². The molecule has 0 aliphatic carbocycles. The van der Waals surface area contributed by atoms with Crippen LogP contribution in [0.2, 0.25) is 0 Å². The Morgan fingerprint density at radius 1 is 1.33 bits per heavy atom. The second-order valence-corrected chi connectivity index (χ2v) is 8.06. The Balaban J connectivity index is 2.11. The number of hydrogen-bond acceptors (Lipinski definition) is 5. The van der Waals surface area contributed by atoms with Crippen LogP contribution < -0.4 is 5.32 Å². The first-order valence-corrected chi connectivity index (χ1v) is 7.78. The lowest BCUT2D eigenvalue weighted by Gasteiger charge is -2.18. The minimum absolute atomic E-state index is 0.0314. The van der Waals surface area contributed by atoms with Crippen LogP contribution in [0, 0.1) is 0 Å². The van der Waals surface area contributed by atoms with Gasteiger partial charge in [-0.05, 0) is 58.7 Å². The molecule has 0 saturated heterocycles. The first-order valence-electron chi connectivity index (χ1n) is 5.38. The van der Waals surface area contributed by atoms with E-state index < -0.39 is 0 Å². The number of nitrogens with zero attached hydrogens (tertiary/aromatic N) is 2. The molecule has 2 aromatic rings. The summed E-state index contributed by atoms with van der Waals surface area (Å²) in [6.07, 6.45) is 0. The van der Waals surface area contributed by atoms with Gasteiger partial charge in [0.25, 0.3) is 5.89 Å². The van der Waals surface area contributed by atoms with Crippen LogP contribution in [-0.2, 0) is 6.54 Å². The smallest absolute Gasteiger partial charge is 0.257 e. The summed E-state index contributed by atoms with van der Waals surface area (Å²) >= 11 is 8.44. The second-order valence-electron chi connectivity index (χ2n) is 4.84. The van der Waals surface area contributed by atoms with Crippen molar-refractivity contribution in [3.8, 4) is 10.8 Å². The molecule has 0 aromatic carbocycles. The van der Waals surface area contributed by atoms with Crippen molar-refractivity contribution >= 4 is 43.2 Å². The lowest BCUT2D eigenvalue weighted by atomic mass is 10.1. The number of halogens is 2. The Kier molecular flexibility index (Phi) is 4.25. The molecule has 0 radical (unpaired) electrons. The van der Waals surface area contributed by atoms with Gasteiger partial charge in [0.15, 0.2) is 0 Å². The summed E-state index contributed by atoms with van der Waals surface area (Å²) in [5.41, 5.74) is 0.0314. The van der Waals surface area contributed by atoms with Crippen molar-refractivity contribution < 1.29 is 4.42 Å². The van der Waals surface area contributed by atoms with Gasteiger partial charge < -0.3 is 9.73 Å². The molecule has 0 fully saturated rings. The predicted octanol–water partition coefficient (Wildman–Crippen LogP) is 4.21. The van der Waals surface area contributed by atoms with Crippen molar-refractivity contribution in [3.63, 3.8) is 0 Å². The largest absolute Gasteiger partial charge is 0.419 e. The number of thiophene rings is 1. The lowest BCUT2D eigenvalue weighted by molar-refractivity contribution is 0.384. The quantitative estimate of drug-likeness (QED) is 0.846. The second kappa shape index (κ2) is 5.40. The van der Waals surface area contributed by atoms with E-state index in [0.29, 0.717) is 18.3 Å². The molecular weight excluding hydrogens is 382 g/mol. The fourth-order valence-corrected chi connectivity index (χ4v) is 3.17. The Hall–Kier alpha value is -0.240. The monoisotopic (exact) mass is 393 g/mol. The first kappa shape index (κ1) is 14.2. The molecule has 0 unspecified atom stereocenters. The fourth-order valence-electron chi connectivity index (χ4n) is 1.22. The van der Waals surface area contributed by atoms with Gasteiger partial charge in [0.05, 0.1) is 15.2 Å². The number of aromatic nitrogens is 2. The zero-order valence-electron chi connectivity index (χ0n) is 10.3. The van der Waals surface area contributed by atoms with E-state index in [2.05, 4.69) is 68.1 Å². The molecule has 0 atom stereocenters. The van der Waals surface area contributed by atoms with Gasteiger partial charge in [-0.15, -0.1) is 21.5 Å². The highest BCUT2D eigenvalue weighted by Gasteiger charge is 2.15. The van der Waals surface area contributed by atoms with Crippen molar-refractivity contribution in [2.45, 2.75) is 32.9 Å². The van der Waals surface area contributed by atoms with E-state index in [4.69, 9.17) is 4.42 Å². The van der Waals surface area contributed by atoms with E-state index in [-0.39, 0.29) is 5.54 Å². The minimum atomic E-state index is 0.0314. The summed E-state index contributed by atoms with van der Waals surface area (Å²) in [6, 6.07) is 1.96. The average Bonchev–Trinajstić information content (AvgIpc) is 2.83. The molecule has 0 aliphatic heterocycles. The first-order chi connectivity index (χ1) is 8.35. The third-order valence-corrected chi connectivity index (χ3v) is 5.34. The topological polar surface area (TPSA) is 51.0 Å². The number of rotatable bonds is 3. The molecule has 4 nitrogen and oxygen atoms in total. The van der Waals surface area contributed by atoms with Crippen LogP contribution in [0.15, 0.2) is 18.7 Å². The summed E-state index contributed by atoms with van der Waals surface area (Å²) in [5.74, 6) is 1.15. The van der Waals surface area contributed by atoms with Crippen molar-refractivity contribution in [1.29, 1.82) is 0 Å². The van der Waals surface area contributed by atoms with Crippen LogP contribution in [0.1, 0.15) is 26.7 Å². The molecular formula is C11H13Br2N3OS. The van der Waals surface area contributed by atoms with Crippen LogP contribution in [-0.4, -0.2) is 15.7 Å². The molecule has 2 heterocycles. The summed E-state index contributed by atoms with van der Waals surface area (Å²) in [4.78, 5) is 0.947. The summed E-state index contributed by atoms with van der Waals surface area (Å²) < 4.78 is 7.63. The molecule has 2 aromatic heterocycles. The predicted molar refractivity (Wildman–Crippen MR) is 79.6 cm³/mol. The van der Waals surface area contributed by atoms with Crippen LogP contribution in [0.25, 0.3) is 10.8 Å². The van der Waals surface area contributed by atoms with Crippen molar-refractivity contribution in [3.05, 3.63) is 20.2 Å². The lowest BCUT2D eigenvalue weighted by Crippen LogP contribution is -2.35. The van der Waals surface area contributed by atoms with Gasteiger partial charge in [-0.25, -0.2) is 0 Å². The van der Waals surface area contributed by atoms with Gasteiger partial charge in [0.1, 0.15) is 0 Å². The highest BCUT2D eigenvalue weighted by molar-refractivity contribution is 9.13. The van der Waals surface area contributed by atoms with E-state index in [1.54, 1.807) is 11.3 Å². The average molecular weight is 395 g/mol. The number of nitrogens with one attached hydrogen (secondary N) is 1. The Morgan fingerprint density at radius 2 is 2.06 bits per heavy atom. The maximum absolute atomic E-state index is 5.62. The van der Waals surface area contributed by atoms with Gasteiger partial charge >= 0.3 is 0 Å². The molecule has 18 heavy (non-hydrogen) atoms. The molecule has 0 bridgehead atoms. The molecule has 0 amide bonds. The van der Waals surface area contributed by atoms with Crippen LogP contribution in [0.5, 0.6) is 0 Å². The van der Waals surface area contributed by atoms with Crippen molar-refractivity contribution in [1.82, 2.24) is 15.5 Å². The zero-order chi connectivity index (χ0) is 13.3. The van der Waals surface area contributed by atoms with Crippen LogP contribution in [0.4, 0.5) is 0 Å². The van der Waals surface area contributed by atoms with E-state index in [0.717, 1.165) is 13.1 Å². The molecule has 0 aliphatic rings. The van der Waals surface area contributed by atoms with E-state index in [1.807, 2.05) is 6.07 Å². The van der Waals surface area contributed by atoms with Gasteiger partial charge in [-0.1, -0.05) is 0 Å². The Morgan fingerprint density at radius 3 is 2.61 bits per heavy atom. The Bertz CT molecular complexity index is 525. The van der Waals surface area contributed by atoms with E-state index in [9.17, 15) is 0 Å². The maximum Gasteiger partial charge on any atom is 0.257 e. The van der Waals surface area contributed by atoms with E-state index >= 15 is 0 Å². The molecule has 0 spiro atoms. The highest BCUT2D eigenvalue weighted by Crippen LogP contribution is 2.37. The zero-order valence-corrected chi connectivity index (χ0v) is 14.2. The molecule has 98 valence electrons. The summed E-state index contributed by atoms with van der Waals surface area (Å²) in [7, 11) is 0. The Labute approximate surface area is 126 Å². The number of hydrogen-bond donors (Lipinski definition) is 1. The highest BCUT2D eigenvalue weighted by atomic mass is 79.9. The minimum Gasteiger partial charge on any atom is -0.419 e. The van der Waals surface area contributed by atoms with Gasteiger partial charge in [0.2, 0.25) is 5.89 Å². The third kappa shape index (κ3) is 3.63. The van der Waals surface area contributed by atoms with Crippen LogP contribution >= 0.6 is 43.2 Å². The van der Waals surface area contributed by atoms with Gasteiger partial charge in [0, 0.05) is 10.0 Å². The van der Waals surface area contributed by atoms with Crippen molar-refractivity contribution in [2.75, 3.05) is 0 Å². The summed E-state index contributed by atoms with van der Waals surface area (Å²) in [5, 5.41) is 11.4. The maximum atomic E-state index is 5.62. The molecule has 2 rings (SSSR count). The van der Waals surface area contributed by atoms with Gasteiger partial charge in [-0.3, -0.25) is 0 Å². The van der Waals surface area contributed by atoms with Gasteiger partial charge in [-0.2, -0.15) is 0 Å². The summed E-state index contributed by atoms with van der Waals surface area (Å²) in [6.45, 7) is 6.86. The normalized spacial score (nSPS) is 12.1. The SMILES string of the molecule is CC(C)(C)NCc1nnc(-c2cc(Br)c(Br)s2)o1. The molecule has 1 N–H and O–H groups in total. The standard InChI is InChI=1S/C11H13Br2N3OS/c1-11(2,3)14-5-8-15-16-10(17-8)7-4-6(12)9(13)18-7/h4,14H,5H2,1-3H3. The molecule has 0 saturated carbocycles.